The maximum atomic E-state index is 12.1. The SMILES string of the molecule is O=C(Nc1ccc(OC(F)F)cc1)c1cc(S)ccc1Br. The van der Waals surface area contributed by atoms with Gasteiger partial charge in [-0.2, -0.15) is 8.78 Å². The number of carbonyl (C=O) groups is 1. The van der Waals surface area contributed by atoms with Gasteiger partial charge in [0.05, 0.1) is 5.56 Å². The van der Waals surface area contributed by atoms with Crippen molar-refractivity contribution >= 4 is 40.2 Å². The molecule has 0 saturated carbocycles. The summed E-state index contributed by atoms with van der Waals surface area (Å²) in [5, 5.41) is 2.66. The molecule has 21 heavy (non-hydrogen) atoms. The molecule has 0 aromatic heterocycles. The maximum absolute atomic E-state index is 12.1. The predicted octanol–water partition coefficient (Wildman–Crippen LogP) is 4.59. The van der Waals surface area contributed by atoms with Crippen LogP contribution in [0.25, 0.3) is 0 Å². The van der Waals surface area contributed by atoms with Gasteiger partial charge >= 0.3 is 6.61 Å². The molecule has 0 spiro atoms. The first kappa shape index (κ1) is 15.8. The van der Waals surface area contributed by atoms with Gasteiger partial charge in [0, 0.05) is 15.1 Å². The standard InChI is InChI=1S/C14H10BrF2NO2S/c15-12-6-5-10(21)7-11(12)13(19)18-8-1-3-9(4-2-8)20-14(16)17/h1-7,14,21H,(H,18,19). The second-order valence-corrected chi connectivity index (χ2v) is 5.39. The largest absolute Gasteiger partial charge is 0.435 e. The molecule has 7 heteroatoms. The Labute approximate surface area is 133 Å². The number of benzene rings is 2. The topological polar surface area (TPSA) is 38.3 Å². The van der Waals surface area contributed by atoms with Crippen molar-refractivity contribution in [1.82, 2.24) is 0 Å². The summed E-state index contributed by atoms with van der Waals surface area (Å²) in [6.07, 6.45) is 0. The predicted molar refractivity (Wildman–Crippen MR) is 82.4 cm³/mol. The van der Waals surface area contributed by atoms with Gasteiger partial charge in [-0.3, -0.25) is 4.79 Å². The lowest BCUT2D eigenvalue weighted by atomic mass is 10.2. The molecule has 0 saturated heterocycles. The highest BCUT2D eigenvalue weighted by atomic mass is 79.9. The molecule has 0 atom stereocenters. The molecule has 3 nitrogen and oxygen atoms in total. The van der Waals surface area contributed by atoms with Crippen molar-refractivity contribution in [2.24, 2.45) is 0 Å². The van der Waals surface area contributed by atoms with Gasteiger partial charge in [-0.1, -0.05) is 0 Å². The Bertz CT molecular complexity index is 650. The molecular weight excluding hydrogens is 364 g/mol. The number of halogens is 3. The number of hydrogen-bond acceptors (Lipinski definition) is 3. The van der Waals surface area contributed by atoms with Crippen LogP contribution in [-0.4, -0.2) is 12.5 Å². The van der Waals surface area contributed by atoms with Gasteiger partial charge in [0.15, 0.2) is 0 Å². The van der Waals surface area contributed by atoms with Gasteiger partial charge < -0.3 is 10.1 Å². The Kier molecular flexibility index (Phi) is 5.19. The molecule has 2 rings (SSSR count). The molecule has 2 aromatic rings. The summed E-state index contributed by atoms with van der Waals surface area (Å²) in [5.74, 6) is -0.304. The van der Waals surface area contributed by atoms with Crippen LogP contribution in [-0.2, 0) is 0 Å². The van der Waals surface area contributed by atoms with Crippen molar-refractivity contribution in [2.75, 3.05) is 5.32 Å². The number of hydrogen-bond donors (Lipinski definition) is 2. The Balaban J connectivity index is 2.10. The number of nitrogens with one attached hydrogen (secondary N) is 1. The molecular formula is C14H10BrF2NO2S. The Morgan fingerprint density at radius 1 is 1.19 bits per heavy atom. The zero-order valence-electron chi connectivity index (χ0n) is 10.5. The summed E-state index contributed by atoms with van der Waals surface area (Å²) in [6.45, 7) is -2.88. The number of carbonyl (C=O) groups excluding carboxylic acids is 1. The van der Waals surface area contributed by atoms with E-state index < -0.39 is 6.61 Å². The van der Waals surface area contributed by atoms with Crippen LogP contribution in [0.3, 0.4) is 0 Å². The van der Waals surface area contributed by atoms with Crippen LogP contribution in [0, 0.1) is 0 Å². The second kappa shape index (κ2) is 6.91. The molecule has 0 aliphatic carbocycles. The minimum absolute atomic E-state index is 0.0292. The van der Waals surface area contributed by atoms with Crippen LogP contribution in [0.5, 0.6) is 5.75 Å². The van der Waals surface area contributed by atoms with Crippen LogP contribution in [0.1, 0.15) is 10.4 Å². The minimum atomic E-state index is -2.88. The number of ether oxygens (including phenoxy) is 1. The first-order chi connectivity index (χ1) is 9.95. The zero-order chi connectivity index (χ0) is 15.4. The van der Waals surface area contributed by atoms with Crippen LogP contribution >= 0.6 is 28.6 Å². The van der Waals surface area contributed by atoms with Gasteiger partial charge in [0.1, 0.15) is 5.75 Å². The van der Waals surface area contributed by atoms with E-state index in [-0.39, 0.29) is 11.7 Å². The van der Waals surface area contributed by atoms with Gasteiger partial charge in [-0.05, 0) is 58.4 Å². The summed E-state index contributed by atoms with van der Waals surface area (Å²) in [7, 11) is 0. The normalized spacial score (nSPS) is 10.5. The molecule has 1 N–H and O–H groups in total. The first-order valence-electron chi connectivity index (χ1n) is 5.80. The molecule has 0 radical (unpaired) electrons. The lowest BCUT2D eigenvalue weighted by Gasteiger charge is -2.09. The van der Waals surface area contributed by atoms with E-state index in [9.17, 15) is 13.6 Å². The van der Waals surface area contributed by atoms with Crippen LogP contribution in [0.15, 0.2) is 51.8 Å². The van der Waals surface area contributed by atoms with Crippen molar-refractivity contribution in [3.05, 3.63) is 52.5 Å². The minimum Gasteiger partial charge on any atom is -0.435 e. The third kappa shape index (κ3) is 4.44. The van der Waals surface area contributed by atoms with Gasteiger partial charge in [0.2, 0.25) is 0 Å². The van der Waals surface area contributed by atoms with Crippen molar-refractivity contribution < 1.29 is 18.3 Å². The van der Waals surface area contributed by atoms with E-state index in [0.717, 1.165) is 0 Å². The molecule has 0 fully saturated rings. The van der Waals surface area contributed by atoms with Crippen molar-refractivity contribution in [3.63, 3.8) is 0 Å². The smallest absolute Gasteiger partial charge is 0.387 e. The van der Waals surface area contributed by atoms with E-state index in [1.54, 1.807) is 18.2 Å². The molecule has 0 bridgehead atoms. The second-order valence-electron chi connectivity index (χ2n) is 4.02. The highest BCUT2D eigenvalue weighted by molar-refractivity contribution is 9.10. The molecule has 2 aromatic carbocycles. The summed E-state index contributed by atoms with van der Waals surface area (Å²) >= 11 is 7.46. The Hall–Kier alpha value is -1.60. The fourth-order valence-electron chi connectivity index (χ4n) is 1.61. The molecule has 1 amide bonds. The number of alkyl halides is 2. The third-order valence-corrected chi connectivity index (χ3v) is 3.50. The van der Waals surface area contributed by atoms with Crippen molar-refractivity contribution in [2.45, 2.75) is 11.5 Å². The quantitative estimate of drug-likeness (QED) is 0.769. The summed E-state index contributed by atoms with van der Waals surface area (Å²) in [5.41, 5.74) is 0.897. The average Bonchev–Trinajstić information content (AvgIpc) is 2.43. The van der Waals surface area contributed by atoms with Crippen LogP contribution in [0.2, 0.25) is 0 Å². The zero-order valence-corrected chi connectivity index (χ0v) is 13.0. The highest BCUT2D eigenvalue weighted by Gasteiger charge is 2.11. The van der Waals surface area contributed by atoms with Gasteiger partial charge in [0.25, 0.3) is 5.91 Å². The Morgan fingerprint density at radius 2 is 1.86 bits per heavy atom. The number of amides is 1. The Morgan fingerprint density at radius 3 is 2.48 bits per heavy atom. The van der Waals surface area contributed by atoms with Crippen molar-refractivity contribution in [1.29, 1.82) is 0 Å². The molecule has 0 unspecified atom stereocenters. The maximum Gasteiger partial charge on any atom is 0.387 e. The average molecular weight is 374 g/mol. The molecule has 0 aliphatic heterocycles. The van der Waals surface area contributed by atoms with E-state index in [4.69, 9.17) is 0 Å². The number of anilines is 1. The fourth-order valence-corrected chi connectivity index (χ4v) is 2.24. The summed E-state index contributed by atoms with van der Waals surface area (Å²) in [4.78, 5) is 12.8. The first-order valence-corrected chi connectivity index (χ1v) is 7.04. The molecule has 110 valence electrons. The van der Waals surface area contributed by atoms with E-state index in [2.05, 4.69) is 38.6 Å². The fraction of sp³-hybridized carbons (Fsp3) is 0.0714. The molecule has 0 aliphatic rings. The van der Waals surface area contributed by atoms with E-state index in [1.807, 2.05) is 0 Å². The lowest BCUT2D eigenvalue weighted by Crippen LogP contribution is -2.12. The number of rotatable bonds is 4. The van der Waals surface area contributed by atoms with E-state index in [0.29, 0.717) is 20.6 Å². The summed E-state index contributed by atoms with van der Waals surface area (Å²) < 4.78 is 28.9. The van der Waals surface area contributed by atoms with Gasteiger partial charge in [-0.15, -0.1) is 12.6 Å². The number of thiol groups is 1. The summed E-state index contributed by atoms with van der Waals surface area (Å²) in [6, 6.07) is 10.8. The monoisotopic (exact) mass is 373 g/mol. The third-order valence-electron chi connectivity index (χ3n) is 2.53. The van der Waals surface area contributed by atoms with E-state index >= 15 is 0 Å². The van der Waals surface area contributed by atoms with Crippen LogP contribution < -0.4 is 10.1 Å². The van der Waals surface area contributed by atoms with Crippen LogP contribution in [0.4, 0.5) is 14.5 Å². The molecule has 0 heterocycles. The lowest BCUT2D eigenvalue weighted by molar-refractivity contribution is -0.0498. The van der Waals surface area contributed by atoms with Gasteiger partial charge in [-0.25, -0.2) is 0 Å². The highest BCUT2D eigenvalue weighted by Crippen LogP contribution is 2.22. The van der Waals surface area contributed by atoms with Crippen molar-refractivity contribution in [3.8, 4) is 5.75 Å². The van der Waals surface area contributed by atoms with E-state index in [1.165, 1.54) is 24.3 Å².